The Morgan fingerprint density at radius 3 is 2.38 bits per heavy atom. The molecule has 0 aliphatic carbocycles. The molecule has 1 aromatic heterocycles. The van der Waals surface area contributed by atoms with Gasteiger partial charge in [0.1, 0.15) is 5.75 Å². The number of halogens is 5. The molecule has 26 heavy (non-hydrogen) atoms. The summed E-state index contributed by atoms with van der Waals surface area (Å²) in [5, 5.41) is 1.17. The first kappa shape index (κ1) is 18.8. The van der Waals surface area contributed by atoms with Crippen LogP contribution >= 0.6 is 23.2 Å². The second-order valence-corrected chi connectivity index (χ2v) is 7.47. The molecule has 0 amide bonds. The third kappa shape index (κ3) is 3.44. The van der Waals surface area contributed by atoms with E-state index in [1.54, 1.807) is 24.3 Å². The van der Waals surface area contributed by atoms with Crippen molar-refractivity contribution in [3.8, 4) is 16.9 Å². The zero-order chi connectivity index (χ0) is 19.1. The summed E-state index contributed by atoms with van der Waals surface area (Å²) < 4.78 is 64.1. The van der Waals surface area contributed by atoms with Gasteiger partial charge in [-0.15, -0.1) is 0 Å². The molecule has 0 aliphatic heterocycles. The van der Waals surface area contributed by atoms with E-state index >= 15 is 0 Å². The molecule has 3 rings (SSSR count). The standard InChI is InChI=1S/C16H8Cl2F3NO3S/c17-13-5-4-9(25-26(23,24)16(19,20)21)8-12(13)10-6-7-22-15-11(10)2-1-3-14(15)18/h1-8H. The number of aromatic nitrogens is 1. The summed E-state index contributed by atoms with van der Waals surface area (Å²) >= 11 is 12.3. The summed E-state index contributed by atoms with van der Waals surface area (Å²) in [6.07, 6.45) is 1.46. The van der Waals surface area contributed by atoms with Crippen molar-refractivity contribution in [3.63, 3.8) is 0 Å². The van der Waals surface area contributed by atoms with Crippen LogP contribution < -0.4 is 4.18 Å². The van der Waals surface area contributed by atoms with Crippen LogP contribution in [-0.4, -0.2) is 18.9 Å². The fourth-order valence-electron chi connectivity index (χ4n) is 2.31. The van der Waals surface area contributed by atoms with Crippen molar-refractivity contribution in [2.45, 2.75) is 5.51 Å². The Balaban J connectivity index is 2.15. The molecule has 0 saturated heterocycles. The molecule has 0 spiro atoms. The molecule has 0 radical (unpaired) electrons. The van der Waals surface area contributed by atoms with Crippen molar-refractivity contribution in [3.05, 3.63) is 58.7 Å². The molecule has 3 aromatic rings. The minimum atomic E-state index is -5.79. The van der Waals surface area contributed by atoms with Crippen LogP contribution in [0.15, 0.2) is 48.7 Å². The Kier molecular flexibility index (Phi) is 4.76. The maximum Gasteiger partial charge on any atom is 0.534 e. The Labute approximate surface area is 156 Å². The van der Waals surface area contributed by atoms with Gasteiger partial charge in [-0.25, -0.2) is 0 Å². The summed E-state index contributed by atoms with van der Waals surface area (Å²) in [6.45, 7) is 0. The highest BCUT2D eigenvalue weighted by atomic mass is 35.5. The fraction of sp³-hybridized carbons (Fsp3) is 0.0625. The SMILES string of the molecule is O=S(=O)(Oc1ccc(Cl)c(-c2ccnc3c(Cl)cccc23)c1)C(F)(F)F. The highest BCUT2D eigenvalue weighted by molar-refractivity contribution is 7.88. The van der Waals surface area contributed by atoms with E-state index < -0.39 is 21.4 Å². The van der Waals surface area contributed by atoms with Crippen molar-refractivity contribution in [2.24, 2.45) is 0 Å². The smallest absolute Gasteiger partial charge is 0.376 e. The summed E-state index contributed by atoms with van der Waals surface area (Å²) in [6, 6.07) is 10.00. The van der Waals surface area contributed by atoms with Crippen LogP contribution in [0.1, 0.15) is 0 Å². The van der Waals surface area contributed by atoms with E-state index in [2.05, 4.69) is 9.17 Å². The van der Waals surface area contributed by atoms with E-state index in [0.717, 1.165) is 12.1 Å². The first-order chi connectivity index (χ1) is 12.1. The number of alkyl halides is 3. The van der Waals surface area contributed by atoms with Crippen LogP contribution in [0.2, 0.25) is 10.0 Å². The van der Waals surface area contributed by atoms with E-state index in [4.69, 9.17) is 23.2 Å². The molecule has 0 aliphatic rings. The molecular formula is C16H8Cl2F3NO3S. The van der Waals surface area contributed by atoms with Gasteiger partial charge in [-0.05, 0) is 35.9 Å². The lowest BCUT2D eigenvalue weighted by Gasteiger charge is -2.13. The third-order valence-electron chi connectivity index (χ3n) is 3.44. The number of pyridine rings is 1. The molecule has 2 aromatic carbocycles. The molecule has 136 valence electrons. The zero-order valence-corrected chi connectivity index (χ0v) is 14.9. The van der Waals surface area contributed by atoms with Crippen molar-refractivity contribution in [1.82, 2.24) is 4.98 Å². The Morgan fingerprint density at radius 2 is 1.69 bits per heavy atom. The summed E-state index contributed by atoms with van der Waals surface area (Å²) in [5.41, 5.74) is -4.28. The van der Waals surface area contributed by atoms with Gasteiger partial charge >= 0.3 is 15.6 Å². The normalized spacial score (nSPS) is 12.3. The highest BCUT2D eigenvalue weighted by Crippen LogP contribution is 2.37. The quantitative estimate of drug-likeness (QED) is 0.417. The number of benzene rings is 2. The number of nitrogens with zero attached hydrogens (tertiary/aromatic N) is 1. The number of fused-ring (bicyclic) bond motifs is 1. The van der Waals surface area contributed by atoms with Gasteiger partial charge in [0.05, 0.1) is 10.5 Å². The van der Waals surface area contributed by atoms with Crippen LogP contribution in [0.5, 0.6) is 5.75 Å². The number of para-hydroxylation sites is 1. The Bertz CT molecular complexity index is 1100. The average molecular weight is 422 g/mol. The summed E-state index contributed by atoms with van der Waals surface area (Å²) in [7, 11) is -5.79. The van der Waals surface area contributed by atoms with Gasteiger partial charge in [-0.1, -0.05) is 35.3 Å². The van der Waals surface area contributed by atoms with Gasteiger partial charge in [0.2, 0.25) is 0 Å². The lowest BCUT2D eigenvalue weighted by molar-refractivity contribution is -0.0500. The predicted octanol–water partition coefficient (Wildman–Crippen LogP) is 5.44. The molecule has 1 heterocycles. The monoisotopic (exact) mass is 421 g/mol. The van der Waals surface area contributed by atoms with Crippen molar-refractivity contribution < 1.29 is 25.8 Å². The number of hydrogen-bond donors (Lipinski definition) is 0. The van der Waals surface area contributed by atoms with Crippen molar-refractivity contribution in [2.75, 3.05) is 0 Å². The highest BCUT2D eigenvalue weighted by Gasteiger charge is 2.48. The topological polar surface area (TPSA) is 56.3 Å². The Morgan fingerprint density at radius 1 is 0.962 bits per heavy atom. The van der Waals surface area contributed by atoms with Crippen molar-refractivity contribution in [1.29, 1.82) is 0 Å². The van der Waals surface area contributed by atoms with E-state index in [0.29, 0.717) is 21.5 Å². The maximum atomic E-state index is 12.5. The first-order valence-corrected chi connectivity index (χ1v) is 9.10. The van der Waals surface area contributed by atoms with E-state index in [1.165, 1.54) is 12.3 Å². The lowest BCUT2D eigenvalue weighted by Crippen LogP contribution is -2.28. The third-order valence-corrected chi connectivity index (χ3v) is 5.05. The van der Waals surface area contributed by atoms with E-state index in [1.807, 2.05) is 0 Å². The van der Waals surface area contributed by atoms with Gasteiger partial charge < -0.3 is 4.18 Å². The van der Waals surface area contributed by atoms with E-state index in [9.17, 15) is 21.6 Å². The van der Waals surface area contributed by atoms with Gasteiger partial charge in [-0.3, -0.25) is 4.98 Å². The molecule has 0 atom stereocenters. The lowest BCUT2D eigenvalue weighted by atomic mass is 10.0. The van der Waals surface area contributed by atoms with Gasteiger partial charge in [0.15, 0.2) is 0 Å². The second kappa shape index (κ2) is 6.61. The maximum absolute atomic E-state index is 12.5. The first-order valence-electron chi connectivity index (χ1n) is 6.94. The Hall–Kier alpha value is -2.03. The van der Waals surface area contributed by atoms with Crippen molar-refractivity contribution >= 4 is 44.2 Å². The molecule has 0 bridgehead atoms. The molecule has 10 heteroatoms. The molecular weight excluding hydrogens is 414 g/mol. The van der Waals surface area contributed by atoms with Crippen LogP contribution in [0, 0.1) is 0 Å². The van der Waals surface area contributed by atoms with Crippen LogP contribution in [0.4, 0.5) is 13.2 Å². The number of hydrogen-bond acceptors (Lipinski definition) is 4. The van der Waals surface area contributed by atoms with Gasteiger partial charge in [0.25, 0.3) is 0 Å². The van der Waals surface area contributed by atoms with Gasteiger partial charge in [-0.2, -0.15) is 21.6 Å². The predicted molar refractivity (Wildman–Crippen MR) is 92.8 cm³/mol. The van der Waals surface area contributed by atoms with Crippen LogP contribution in [-0.2, 0) is 10.1 Å². The zero-order valence-electron chi connectivity index (χ0n) is 12.6. The minimum Gasteiger partial charge on any atom is -0.376 e. The van der Waals surface area contributed by atoms with Crippen LogP contribution in [0.25, 0.3) is 22.0 Å². The fourth-order valence-corrected chi connectivity index (χ4v) is 3.21. The summed E-state index contributed by atoms with van der Waals surface area (Å²) in [5.74, 6) is -0.520. The molecule has 0 saturated carbocycles. The minimum absolute atomic E-state index is 0.189. The van der Waals surface area contributed by atoms with Gasteiger partial charge in [0, 0.05) is 22.2 Å². The van der Waals surface area contributed by atoms with E-state index in [-0.39, 0.29) is 10.6 Å². The molecule has 0 unspecified atom stereocenters. The molecule has 0 fully saturated rings. The summed E-state index contributed by atoms with van der Waals surface area (Å²) in [4.78, 5) is 4.16. The molecule has 0 N–H and O–H groups in total. The largest absolute Gasteiger partial charge is 0.534 e. The average Bonchev–Trinajstić information content (AvgIpc) is 2.55. The number of rotatable bonds is 3. The molecule has 4 nitrogen and oxygen atoms in total. The van der Waals surface area contributed by atoms with Crippen LogP contribution in [0.3, 0.4) is 0 Å². The second-order valence-electron chi connectivity index (χ2n) is 5.12.